The van der Waals surface area contributed by atoms with Crippen LogP contribution in [0, 0.1) is 11.3 Å². The molecule has 3 heterocycles. The zero-order valence-electron chi connectivity index (χ0n) is 24.2. The normalized spacial score (nSPS) is 22.5. The number of aromatic nitrogens is 2. The minimum Gasteiger partial charge on any atom is -0.508 e. The average molecular weight is 567 g/mol. The quantitative estimate of drug-likeness (QED) is 0.425. The first-order valence-electron chi connectivity index (χ1n) is 14.9. The van der Waals surface area contributed by atoms with Gasteiger partial charge in [0.25, 0.3) is 0 Å². The number of anilines is 1. The maximum atomic E-state index is 12.5. The van der Waals surface area contributed by atoms with Gasteiger partial charge in [0, 0.05) is 31.2 Å². The van der Waals surface area contributed by atoms with Gasteiger partial charge in [-0.3, -0.25) is 4.79 Å². The molecular weight excluding hydrogens is 528 g/mol. The molecule has 0 saturated carbocycles. The highest BCUT2D eigenvalue weighted by Gasteiger charge is 2.34. The molecule has 6 rings (SSSR count). The molecule has 2 aromatic carbocycles. The number of likely N-dealkylation sites (N-methyl/N-ethyl adjacent to an activating group) is 1. The third kappa shape index (κ3) is 5.51. The van der Waals surface area contributed by atoms with E-state index in [1.54, 1.807) is 4.90 Å². The molecule has 2 saturated heterocycles. The van der Waals surface area contributed by atoms with Gasteiger partial charge >= 0.3 is 6.01 Å². The Morgan fingerprint density at radius 3 is 2.83 bits per heavy atom. The zero-order chi connectivity index (χ0) is 29.2. The largest absolute Gasteiger partial charge is 0.508 e. The van der Waals surface area contributed by atoms with E-state index < -0.39 is 0 Å². The Morgan fingerprint density at radius 1 is 1.19 bits per heavy atom. The molecule has 1 amide bonds. The van der Waals surface area contributed by atoms with Gasteiger partial charge in [0.1, 0.15) is 18.2 Å². The number of fused-ring (bicyclic) bond motifs is 2. The fourth-order valence-corrected chi connectivity index (χ4v) is 6.92. The molecule has 3 aliphatic rings. The number of piperazine rings is 1. The van der Waals surface area contributed by atoms with Gasteiger partial charge in [0.05, 0.1) is 24.2 Å². The molecule has 0 bridgehead atoms. The summed E-state index contributed by atoms with van der Waals surface area (Å²) in [6.07, 6.45) is 6.23. The van der Waals surface area contributed by atoms with Crippen molar-refractivity contribution in [3.8, 4) is 17.8 Å². The summed E-state index contributed by atoms with van der Waals surface area (Å²) in [7, 11) is 2.13. The summed E-state index contributed by atoms with van der Waals surface area (Å²) in [5.41, 5.74) is 3.22. The van der Waals surface area contributed by atoms with Crippen molar-refractivity contribution >= 4 is 22.5 Å². The van der Waals surface area contributed by atoms with Gasteiger partial charge in [-0.2, -0.15) is 15.2 Å². The van der Waals surface area contributed by atoms with E-state index in [2.05, 4.69) is 35.6 Å². The van der Waals surface area contributed by atoms with E-state index in [4.69, 9.17) is 14.7 Å². The number of rotatable bonds is 7. The third-order valence-electron chi connectivity index (χ3n) is 9.19. The van der Waals surface area contributed by atoms with Gasteiger partial charge in [0.2, 0.25) is 5.91 Å². The van der Waals surface area contributed by atoms with Crippen molar-refractivity contribution in [2.75, 3.05) is 44.7 Å². The Bertz CT molecular complexity index is 1530. The highest BCUT2D eigenvalue weighted by Crippen LogP contribution is 2.40. The second kappa shape index (κ2) is 12.0. The van der Waals surface area contributed by atoms with Crippen molar-refractivity contribution in [3.63, 3.8) is 0 Å². The van der Waals surface area contributed by atoms with Gasteiger partial charge in [-0.25, -0.2) is 0 Å². The van der Waals surface area contributed by atoms with E-state index in [0.717, 1.165) is 65.6 Å². The van der Waals surface area contributed by atoms with Gasteiger partial charge in [-0.15, -0.1) is 0 Å². The van der Waals surface area contributed by atoms with E-state index >= 15 is 0 Å². The molecule has 2 unspecified atom stereocenters. The number of ether oxygens (including phenoxy) is 1. The molecule has 3 atom stereocenters. The molecular formula is C33H38N6O3. The SMILES string of the molecule is C=CC(=O)N1CCN(c2nc(OC[C@@H]3CCCN3C)nc3c2CCC(c2cc(O)cc4ccccc24)C3)CC1CC#N. The van der Waals surface area contributed by atoms with Crippen molar-refractivity contribution < 1.29 is 14.6 Å². The standard InChI is InChI=1S/C33H38N6O3/c1-3-31(41)39-16-15-38(20-24(39)12-13-34)32-28-11-10-23(29-19-26(40)17-22-7-4-5-9-27(22)29)18-30(28)35-33(36-32)42-21-25-8-6-14-37(25)2/h3-5,7,9,17,19,23-25,40H,1,6,8,10-12,14-16,18,20-21H2,2H3/t23?,24?,25-/m0/s1. The van der Waals surface area contributed by atoms with Crippen LogP contribution in [0.25, 0.3) is 10.8 Å². The van der Waals surface area contributed by atoms with Crippen LogP contribution in [0.3, 0.4) is 0 Å². The summed E-state index contributed by atoms with van der Waals surface area (Å²) in [5, 5.41) is 22.2. The number of carbonyl (C=O) groups is 1. The van der Waals surface area contributed by atoms with Crippen LogP contribution in [0.4, 0.5) is 5.82 Å². The number of hydrogen-bond donors (Lipinski definition) is 1. The second-order valence-electron chi connectivity index (χ2n) is 11.7. The minimum atomic E-state index is -0.244. The lowest BCUT2D eigenvalue weighted by molar-refractivity contribution is -0.128. The summed E-state index contributed by atoms with van der Waals surface area (Å²) >= 11 is 0. The Labute approximate surface area is 247 Å². The Morgan fingerprint density at radius 2 is 2.05 bits per heavy atom. The summed E-state index contributed by atoms with van der Waals surface area (Å²) < 4.78 is 6.28. The first-order chi connectivity index (χ1) is 20.4. The van der Waals surface area contributed by atoms with Crippen LogP contribution in [0.15, 0.2) is 49.1 Å². The van der Waals surface area contributed by atoms with Crippen LogP contribution in [0.5, 0.6) is 11.8 Å². The summed E-state index contributed by atoms with van der Waals surface area (Å²) in [5.74, 6) is 1.17. The number of phenolic OH excluding ortho intramolecular Hbond substituents is 1. The monoisotopic (exact) mass is 566 g/mol. The van der Waals surface area contributed by atoms with Crippen LogP contribution < -0.4 is 9.64 Å². The number of carbonyl (C=O) groups excluding carboxylic acids is 1. The Kier molecular flexibility index (Phi) is 7.98. The number of likely N-dealkylation sites (tertiary alicyclic amines) is 1. The molecule has 1 aromatic heterocycles. The lowest BCUT2D eigenvalue weighted by Gasteiger charge is -2.42. The van der Waals surface area contributed by atoms with E-state index in [1.807, 2.05) is 30.3 Å². The summed E-state index contributed by atoms with van der Waals surface area (Å²) in [4.78, 5) is 28.7. The number of nitriles is 1. The predicted octanol–water partition coefficient (Wildman–Crippen LogP) is 4.20. The molecule has 0 radical (unpaired) electrons. The number of phenols is 1. The van der Waals surface area contributed by atoms with Gasteiger partial charge in [0.15, 0.2) is 0 Å². The van der Waals surface area contributed by atoms with Crippen molar-refractivity contribution in [1.29, 1.82) is 5.26 Å². The molecule has 218 valence electrons. The molecule has 1 N–H and O–H groups in total. The smallest absolute Gasteiger partial charge is 0.318 e. The van der Waals surface area contributed by atoms with Crippen LogP contribution in [-0.4, -0.2) is 82.7 Å². The number of hydrogen-bond acceptors (Lipinski definition) is 8. The minimum absolute atomic E-state index is 0.148. The number of amides is 1. The van der Waals surface area contributed by atoms with Gasteiger partial charge in [-0.05, 0) is 86.2 Å². The maximum absolute atomic E-state index is 12.5. The molecule has 2 fully saturated rings. The predicted molar refractivity (Wildman–Crippen MR) is 162 cm³/mol. The highest BCUT2D eigenvalue weighted by molar-refractivity contribution is 5.88. The van der Waals surface area contributed by atoms with Crippen molar-refractivity contribution in [2.24, 2.45) is 0 Å². The van der Waals surface area contributed by atoms with E-state index in [-0.39, 0.29) is 30.0 Å². The third-order valence-corrected chi connectivity index (χ3v) is 9.19. The van der Waals surface area contributed by atoms with Crippen molar-refractivity contribution in [2.45, 2.75) is 56.5 Å². The first kappa shape index (κ1) is 28.0. The molecule has 2 aliphatic heterocycles. The average Bonchev–Trinajstić information content (AvgIpc) is 3.42. The molecule has 3 aromatic rings. The Balaban J connectivity index is 1.34. The van der Waals surface area contributed by atoms with Crippen LogP contribution >= 0.6 is 0 Å². The molecule has 0 spiro atoms. The molecule has 9 heteroatoms. The fourth-order valence-electron chi connectivity index (χ4n) is 6.92. The number of benzene rings is 2. The summed E-state index contributed by atoms with van der Waals surface area (Å²) in [6.45, 7) is 6.87. The van der Waals surface area contributed by atoms with Crippen LogP contribution in [0.2, 0.25) is 0 Å². The van der Waals surface area contributed by atoms with E-state index in [0.29, 0.717) is 44.7 Å². The van der Waals surface area contributed by atoms with E-state index in [1.165, 1.54) is 6.08 Å². The molecule has 1 aliphatic carbocycles. The number of aromatic hydroxyl groups is 1. The van der Waals surface area contributed by atoms with Gasteiger partial charge in [-0.1, -0.05) is 30.8 Å². The lowest BCUT2D eigenvalue weighted by Crippen LogP contribution is -2.55. The molecule has 42 heavy (non-hydrogen) atoms. The zero-order valence-corrected chi connectivity index (χ0v) is 24.2. The van der Waals surface area contributed by atoms with Gasteiger partial charge < -0.3 is 24.5 Å². The topological polar surface area (TPSA) is 106 Å². The van der Waals surface area contributed by atoms with Crippen molar-refractivity contribution in [3.05, 3.63) is 65.9 Å². The summed E-state index contributed by atoms with van der Waals surface area (Å²) in [6, 6.07) is 14.6. The fraction of sp³-hybridized carbons (Fsp3) is 0.455. The second-order valence-corrected chi connectivity index (χ2v) is 11.7. The highest BCUT2D eigenvalue weighted by atomic mass is 16.5. The Hall–Kier alpha value is -4.16. The first-order valence-corrected chi connectivity index (χ1v) is 14.9. The number of nitrogens with zero attached hydrogens (tertiary/aromatic N) is 6. The van der Waals surface area contributed by atoms with Crippen LogP contribution in [-0.2, 0) is 17.6 Å². The lowest BCUT2D eigenvalue weighted by atomic mass is 9.80. The molecule has 9 nitrogen and oxygen atoms in total. The maximum Gasteiger partial charge on any atom is 0.318 e. The van der Waals surface area contributed by atoms with Crippen molar-refractivity contribution in [1.82, 2.24) is 19.8 Å². The van der Waals surface area contributed by atoms with E-state index in [9.17, 15) is 15.2 Å². The van der Waals surface area contributed by atoms with Crippen LogP contribution in [0.1, 0.15) is 48.4 Å².